The number of halogens is 1. The lowest BCUT2D eigenvalue weighted by Crippen LogP contribution is -2.52. The average molecular weight is 478 g/mol. The Kier molecular flexibility index (Phi) is 11.1. The number of carboxylic acids is 2. The van der Waals surface area contributed by atoms with E-state index in [2.05, 4.69) is 26.6 Å². The molecule has 28 heavy (non-hydrogen) atoms. The van der Waals surface area contributed by atoms with Crippen LogP contribution < -0.4 is 16.4 Å². The normalized spacial score (nSPS) is 14.1. The summed E-state index contributed by atoms with van der Waals surface area (Å²) in [4.78, 5) is 33.5. The van der Waals surface area contributed by atoms with E-state index in [0.29, 0.717) is 11.5 Å². The van der Waals surface area contributed by atoms with Gasteiger partial charge >= 0.3 is 11.9 Å². The maximum Gasteiger partial charge on any atom is 0.320 e. The largest absolute Gasteiger partial charge is 0.480 e. The predicted octanol–water partition coefficient (Wildman–Crippen LogP) is 0.352. The highest BCUT2D eigenvalue weighted by molar-refractivity contribution is 9.10. The number of aliphatic carboxylic acids is 2. The molecule has 0 aliphatic carbocycles. The number of rotatable bonds is 13. The molecule has 0 fully saturated rings. The van der Waals surface area contributed by atoms with Gasteiger partial charge < -0.3 is 26.4 Å². The van der Waals surface area contributed by atoms with Crippen LogP contribution in [0.15, 0.2) is 28.7 Å². The van der Waals surface area contributed by atoms with Crippen LogP contribution in [0.1, 0.15) is 18.4 Å². The number of thioether (sulfide) groups is 1. The zero-order valence-corrected chi connectivity index (χ0v) is 17.4. The molecule has 0 saturated heterocycles. The van der Waals surface area contributed by atoms with Gasteiger partial charge in [0.05, 0.1) is 12.6 Å². The molecule has 11 heteroatoms. The molecule has 1 aromatic rings. The molecule has 0 aliphatic rings. The van der Waals surface area contributed by atoms with E-state index < -0.39 is 42.7 Å². The first-order valence-electron chi connectivity index (χ1n) is 8.42. The Morgan fingerprint density at radius 3 is 2.39 bits per heavy atom. The predicted molar refractivity (Wildman–Crippen MR) is 109 cm³/mol. The Bertz CT molecular complexity index is 661. The van der Waals surface area contributed by atoms with Crippen molar-refractivity contribution in [1.82, 2.24) is 10.6 Å². The Hall–Kier alpha value is -1.66. The van der Waals surface area contributed by atoms with Crippen molar-refractivity contribution in [3.05, 3.63) is 34.3 Å². The summed E-state index contributed by atoms with van der Waals surface area (Å²) in [6.07, 6.45) is -1.43. The first kappa shape index (κ1) is 24.4. The lowest BCUT2D eigenvalue weighted by atomic mass is 10.1. The summed E-state index contributed by atoms with van der Waals surface area (Å²) < 4.78 is 0.958. The second kappa shape index (κ2) is 12.7. The topological polar surface area (TPSA) is 162 Å². The Labute approximate surface area is 175 Å². The molecule has 1 amide bonds. The highest BCUT2D eigenvalue weighted by Crippen LogP contribution is 2.17. The summed E-state index contributed by atoms with van der Waals surface area (Å²) in [7, 11) is 0. The van der Waals surface area contributed by atoms with Crippen molar-refractivity contribution in [3.8, 4) is 0 Å². The van der Waals surface area contributed by atoms with Crippen molar-refractivity contribution in [2.45, 2.75) is 36.9 Å². The fourth-order valence-corrected chi connectivity index (χ4v) is 3.45. The third-order valence-electron chi connectivity index (χ3n) is 3.67. The number of benzene rings is 1. The van der Waals surface area contributed by atoms with E-state index >= 15 is 0 Å². The monoisotopic (exact) mass is 477 g/mol. The van der Waals surface area contributed by atoms with E-state index in [0.717, 1.165) is 10.0 Å². The van der Waals surface area contributed by atoms with Crippen molar-refractivity contribution in [2.24, 2.45) is 5.73 Å². The molecular weight excluding hydrogens is 454 g/mol. The standard InChI is InChI=1S/C17H24BrN3O6S/c18-11-3-1-10(2-4-11)8-28-9-13(16(25)20-7-15(23)24)21-14(22)6-5-12(19)17(26)27/h1-4,12-13,16,20,25H,5-9,19H2,(H,21,22)(H,23,24)(H,26,27). The lowest BCUT2D eigenvalue weighted by molar-refractivity contribution is -0.139. The molecule has 0 spiro atoms. The van der Waals surface area contributed by atoms with E-state index in [9.17, 15) is 19.5 Å². The van der Waals surface area contributed by atoms with Gasteiger partial charge in [0, 0.05) is 22.4 Å². The molecule has 0 aliphatic heterocycles. The zero-order valence-electron chi connectivity index (χ0n) is 15.0. The number of nitrogens with one attached hydrogen (secondary N) is 2. The molecule has 0 bridgehead atoms. The number of carbonyl (C=O) groups is 3. The molecule has 0 heterocycles. The van der Waals surface area contributed by atoms with Gasteiger partial charge in [-0.3, -0.25) is 19.7 Å². The van der Waals surface area contributed by atoms with Crippen LogP contribution in [0.5, 0.6) is 0 Å². The maximum absolute atomic E-state index is 12.1. The van der Waals surface area contributed by atoms with E-state index in [1.807, 2.05) is 24.3 Å². The van der Waals surface area contributed by atoms with Crippen LogP contribution in [0.3, 0.4) is 0 Å². The second-order valence-electron chi connectivity index (χ2n) is 6.02. The van der Waals surface area contributed by atoms with Crippen LogP contribution in [0, 0.1) is 0 Å². The Morgan fingerprint density at radius 2 is 1.82 bits per heavy atom. The van der Waals surface area contributed by atoms with Gasteiger partial charge in [-0.05, 0) is 24.1 Å². The Balaban J connectivity index is 2.59. The molecule has 0 saturated carbocycles. The SMILES string of the molecule is NC(CCC(=O)NC(CSCc1ccc(Br)cc1)C(O)NCC(=O)O)C(=O)O. The lowest BCUT2D eigenvalue weighted by Gasteiger charge is -2.24. The van der Waals surface area contributed by atoms with Gasteiger partial charge in [-0.25, -0.2) is 0 Å². The minimum absolute atomic E-state index is 0.0431. The van der Waals surface area contributed by atoms with Crippen molar-refractivity contribution in [1.29, 1.82) is 0 Å². The van der Waals surface area contributed by atoms with Crippen molar-refractivity contribution in [3.63, 3.8) is 0 Å². The zero-order chi connectivity index (χ0) is 21.1. The third kappa shape index (κ3) is 10.0. The molecule has 1 rings (SSSR count). The van der Waals surface area contributed by atoms with E-state index in [1.165, 1.54) is 11.8 Å². The summed E-state index contributed by atoms with van der Waals surface area (Å²) in [6, 6.07) is 5.79. The van der Waals surface area contributed by atoms with Crippen LogP contribution in [0.4, 0.5) is 0 Å². The van der Waals surface area contributed by atoms with E-state index in [4.69, 9.17) is 15.9 Å². The molecule has 0 aromatic heterocycles. The van der Waals surface area contributed by atoms with Crippen LogP contribution in [-0.2, 0) is 20.1 Å². The maximum atomic E-state index is 12.1. The highest BCUT2D eigenvalue weighted by atomic mass is 79.9. The van der Waals surface area contributed by atoms with Crippen LogP contribution in [0.25, 0.3) is 0 Å². The number of hydrogen-bond donors (Lipinski definition) is 6. The van der Waals surface area contributed by atoms with Crippen molar-refractivity contribution in [2.75, 3.05) is 12.3 Å². The van der Waals surface area contributed by atoms with Gasteiger partial charge in [0.15, 0.2) is 0 Å². The van der Waals surface area contributed by atoms with Gasteiger partial charge in [-0.2, -0.15) is 11.8 Å². The molecule has 1 aromatic carbocycles. The minimum atomic E-state index is -1.27. The molecule has 3 unspecified atom stereocenters. The number of amides is 1. The van der Waals surface area contributed by atoms with Gasteiger partial charge in [0.2, 0.25) is 5.91 Å². The third-order valence-corrected chi connectivity index (χ3v) is 5.33. The number of aliphatic hydroxyl groups is 1. The van der Waals surface area contributed by atoms with E-state index in [1.54, 1.807) is 0 Å². The minimum Gasteiger partial charge on any atom is -0.480 e. The molecule has 156 valence electrons. The number of aliphatic hydroxyl groups excluding tert-OH is 1. The molecule has 0 radical (unpaired) electrons. The van der Waals surface area contributed by atoms with Crippen molar-refractivity contribution >= 4 is 45.5 Å². The average Bonchev–Trinajstić information content (AvgIpc) is 2.64. The highest BCUT2D eigenvalue weighted by Gasteiger charge is 2.22. The fraction of sp³-hybridized carbons (Fsp3) is 0.471. The molecule has 3 atom stereocenters. The summed E-state index contributed by atoms with van der Waals surface area (Å²) in [5.41, 5.74) is 6.43. The summed E-state index contributed by atoms with van der Waals surface area (Å²) >= 11 is 4.81. The summed E-state index contributed by atoms with van der Waals surface area (Å²) in [6.45, 7) is -0.463. The second-order valence-corrected chi connectivity index (χ2v) is 7.96. The van der Waals surface area contributed by atoms with Crippen LogP contribution in [0.2, 0.25) is 0 Å². The first-order chi connectivity index (χ1) is 13.2. The molecule has 7 N–H and O–H groups in total. The smallest absolute Gasteiger partial charge is 0.320 e. The molecular formula is C17H24BrN3O6S. The quantitative estimate of drug-likeness (QED) is 0.220. The summed E-state index contributed by atoms with van der Waals surface area (Å²) in [5, 5.41) is 32.7. The van der Waals surface area contributed by atoms with Crippen molar-refractivity contribution < 1.29 is 29.7 Å². The molecule has 9 nitrogen and oxygen atoms in total. The number of carboxylic acid groups (broad SMARTS) is 2. The fourth-order valence-electron chi connectivity index (χ4n) is 2.12. The van der Waals surface area contributed by atoms with Gasteiger partial charge in [0.1, 0.15) is 12.3 Å². The number of hydrogen-bond acceptors (Lipinski definition) is 7. The van der Waals surface area contributed by atoms with E-state index in [-0.39, 0.29) is 12.8 Å². The van der Waals surface area contributed by atoms with Gasteiger partial charge in [0.25, 0.3) is 0 Å². The summed E-state index contributed by atoms with van der Waals surface area (Å²) in [5.74, 6) is -1.85. The number of carbonyl (C=O) groups excluding carboxylic acids is 1. The van der Waals surface area contributed by atoms with Crippen LogP contribution in [-0.4, -0.2) is 63.8 Å². The Morgan fingerprint density at radius 1 is 1.18 bits per heavy atom. The van der Waals surface area contributed by atoms with Gasteiger partial charge in [-0.1, -0.05) is 28.1 Å². The first-order valence-corrected chi connectivity index (χ1v) is 10.4. The van der Waals surface area contributed by atoms with Gasteiger partial charge in [-0.15, -0.1) is 0 Å². The van der Waals surface area contributed by atoms with Crippen LogP contribution >= 0.6 is 27.7 Å². The number of nitrogens with two attached hydrogens (primary N) is 1.